The van der Waals surface area contributed by atoms with Gasteiger partial charge in [-0.25, -0.2) is 0 Å². The van der Waals surface area contributed by atoms with E-state index >= 15 is 0 Å². The van der Waals surface area contributed by atoms with E-state index in [2.05, 4.69) is 50.9 Å². The fraction of sp³-hybridized carbons (Fsp3) is 0.556. The second-order valence-electron chi connectivity index (χ2n) is 6.74. The molecule has 0 spiro atoms. The van der Waals surface area contributed by atoms with Gasteiger partial charge in [-0.15, -0.1) is 0 Å². The van der Waals surface area contributed by atoms with Crippen LogP contribution in [-0.2, 0) is 4.79 Å². The van der Waals surface area contributed by atoms with Crippen LogP contribution in [0.5, 0.6) is 0 Å². The Morgan fingerprint density at radius 2 is 1.96 bits per heavy atom. The molecule has 2 aliphatic rings. The fourth-order valence-electron chi connectivity index (χ4n) is 3.42. The van der Waals surface area contributed by atoms with Gasteiger partial charge in [0.1, 0.15) is 0 Å². The lowest BCUT2D eigenvalue weighted by molar-refractivity contribution is -0.119. The molecular formula is C18H27N5O. The summed E-state index contributed by atoms with van der Waals surface area (Å²) in [6, 6.07) is 11.5. The van der Waals surface area contributed by atoms with Crippen molar-refractivity contribution in [1.82, 2.24) is 15.5 Å². The molecule has 6 heteroatoms. The van der Waals surface area contributed by atoms with E-state index in [0.29, 0.717) is 24.5 Å². The maximum absolute atomic E-state index is 11.0. The maximum atomic E-state index is 11.0. The number of piperidine rings is 1. The van der Waals surface area contributed by atoms with Gasteiger partial charge in [-0.05, 0) is 24.8 Å². The normalized spacial score (nSPS) is 25.3. The number of guanidine groups is 1. The van der Waals surface area contributed by atoms with Gasteiger partial charge in [0.2, 0.25) is 5.91 Å². The van der Waals surface area contributed by atoms with Crippen molar-refractivity contribution >= 4 is 11.9 Å². The van der Waals surface area contributed by atoms with Gasteiger partial charge in [-0.1, -0.05) is 30.3 Å². The first-order valence-corrected chi connectivity index (χ1v) is 8.71. The Labute approximate surface area is 143 Å². The Kier molecular flexibility index (Phi) is 5.35. The second kappa shape index (κ2) is 7.66. The van der Waals surface area contributed by atoms with Crippen LogP contribution < -0.4 is 16.4 Å². The topological polar surface area (TPSA) is 82.8 Å². The molecule has 4 N–H and O–H groups in total. The summed E-state index contributed by atoms with van der Waals surface area (Å²) in [5.41, 5.74) is 6.65. The molecule has 130 valence electrons. The molecule has 3 rings (SSSR count). The van der Waals surface area contributed by atoms with Crippen LogP contribution in [0.4, 0.5) is 0 Å². The minimum absolute atomic E-state index is 0.250. The molecule has 0 aromatic heterocycles. The number of nitrogens with zero attached hydrogens (tertiary/aromatic N) is 2. The third-order valence-corrected chi connectivity index (χ3v) is 4.87. The van der Waals surface area contributed by atoms with Crippen molar-refractivity contribution in [1.29, 1.82) is 0 Å². The number of hydrogen-bond donors (Lipinski definition) is 3. The lowest BCUT2D eigenvalue weighted by Crippen LogP contribution is -2.50. The molecule has 2 atom stereocenters. The number of benzene rings is 1. The van der Waals surface area contributed by atoms with Crippen molar-refractivity contribution in [2.24, 2.45) is 10.7 Å². The number of primary amides is 1. The molecular weight excluding hydrogens is 302 g/mol. The van der Waals surface area contributed by atoms with Gasteiger partial charge in [0.25, 0.3) is 0 Å². The third-order valence-electron chi connectivity index (χ3n) is 4.87. The molecule has 1 saturated carbocycles. The number of hydrogen-bond acceptors (Lipinski definition) is 3. The van der Waals surface area contributed by atoms with Crippen LogP contribution in [-0.4, -0.2) is 55.5 Å². The van der Waals surface area contributed by atoms with Crippen molar-refractivity contribution in [3.8, 4) is 0 Å². The number of nitrogens with one attached hydrogen (secondary N) is 2. The zero-order chi connectivity index (χ0) is 16.9. The Morgan fingerprint density at radius 3 is 2.58 bits per heavy atom. The zero-order valence-electron chi connectivity index (χ0n) is 14.2. The van der Waals surface area contributed by atoms with E-state index in [9.17, 15) is 4.79 Å². The van der Waals surface area contributed by atoms with Gasteiger partial charge >= 0.3 is 0 Å². The highest BCUT2D eigenvalue weighted by atomic mass is 16.1. The van der Waals surface area contributed by atoms with E-state index in [0.717, 1.165) is 38.3 Å². The highest BCUT2D eigenvalue weighted by molar-refractivity contribution is 5.81. The van der Waals surface area contributed by atoms with E-state index in [1.54, 1.807) is 0 Å². The summed E-state index contributed by atoms with van der Waals surface area (Å²) in [6.07, 6.45) is 3.16. The molecule has 1 aliphatic carbocycles. The molecule has 1 amide bonds. The van der Waals surface area contributed by atoms with Crippen LogP contribution in [0.1, 0.15) is 30.7 Å². The molecule has 1 aromatic carbocycles. The molecule has 2 unspecified atom stereocenters. The van der Waals surface area contributed by atoms with E-state index in [4.69, 9.17) is 5.73 Å². The number of rotatable bonds is 5. The molecule has 1 aliphatic heterocycles. The third kappa shape index (κ3) is 4.47. The van der Waals surface area contributed by atoms with Gasteiger partial charge in [-0.2, -0.15) is 0 Å². The molecule has 2 fully saturated rings. The minimum atomic E-state index is -0.250. The fourth-order valence-corrected chi connectivity index (χ4v) is 3.42. The van der Waals surface area contributed by atoms with Crippen molar-refractivity contribution in [3.05, 3.63) is 35.9 Å². The van der Waals surface area contributed by atoms with E-state index in [1.807, 2.05) is 7.05 Å². The highest BCUT2D eigenvalue weighted by Gasteiger charge is 2.39. The highest BCUT2D eigenvalue weighted by Crippen LogP contribution is 2.40. The summed E-state index contributed by atoms with van der Waals surface area (Å²) >= 11 is 0. The van der Waals surface area contributed by atoms with Crippen molar-refractivity contribution in [3.63, 3.8) is 0 Å². The lowest BCUT2D eigenvalue weighted by Gasteiger charge is -2.32. The molecule has 6 nitrogen and oxygen atoms in total. The summed E-state index contributed by atoms with van der Waals surface area (Å²) in [5, 5.41) is 7.05. The summed E-state index contributed by atoms with van der Waals surface area (Å²) in [6.45, 7) is 2.15. The largest absolute Gasteiger partial charge is 0.369 e. The Bertz CT molecular complexity index is 580. The van der Waals surface area contributed by atoms with Crippen molar-refractivity contribution in [2.75, 3.05) is 26.7 Å². The van der Waals surface area contributed by atoms with Gasteiger partial charge in [-0.3, -0.25) is 14.7 Å². The van der Waals surface area contributed by atoms with Gasteiger partial charge in [0, 0.05) is 38.1 Å². The zero-order valence-corrected chi connectivity index (χ0v) is 14.2. The van der Waals surface area contributed by atoms with Crippen molar-refractivity contribution in [2.45, 2.75) is 37.3 Å². The average molecular weight is 329 g/mol. The summed E-state index contributed by atoms with van der Waals surface area (Å²) in [5.74, 6) is 1.22. The van der Waals surface area contributed by atoms with Crippen LogP contribution in [0.15, 0.2) is 35.3 Å². The summed E-state index contributed by atoms with van der Waals surface area (Å²) in [4.78, 5) is 17.5. The van der Waals surface area contributed by atoms with Gasteiger partial charge in [0.15, 0.2) is 5.96 Å². The number of amides is 1. The number of carbonyl (C=O) groups is 1. The average Bonchev–Trinajstić information content (AvgIpc) is 3.35. The van der Waals surface area contributed by atoms with E-state index < -0.39 is 0 Å². The van der Waals surface area contributed by atoms with Crippen LogP contribution >= 0.6 is 0 Å². The van der Waals surface area contributed by atoms with Crippen LogP contribution in [0, 0.1) is 0 Å². The Morgan fingerprint density at radius 1 is 1.25 bits per heavy atom. The standard InChI is InChI=1S/C18H27N5O/c1-20-18(21-14-7-9-23(10-8-14)12-17(19)24)22-16-11-15(16)13-5-3-2-4-6-13/h2-6,14-16H,7-12H2,1H3,(H2,19,24)(H2,20,21,22). The van der Waals surface area contributed by atoms with E-state index in [1.165, 1.54) is 5.56 Å². The van der Waals surface area contributed by atoms with Crippen LogP contribution in [0.25, 0.3) is 0 Å². The quantitative estimate of drug-likeness (QED) is 0.547. The smallest absolute Gasteiger partial charge is 0.231 e. The first-order valence-electron chi connectivity index (χ1n) is 8.71. The number of carbonyl (C=O) groups excluding carboxylic acids is 1. The Hall–Kier alpha value is -2.08. The molecule has 0 bridgehead atoms. The van der Waals surface area contributed by atoms with Crippen LogP contribution in [0.2, 0.25) is 0 Å². The SMILES string of the molecule is CN=C(NC1CCN(CC(N)=O)CC1)NC1CC1c1ccccc1. The van der Waals surface area contributed by atoms with Crippen molar-refractivity contribution < 1.29 is 4.79 Å². The first-order chi connectivity index (χ1) is 11.7. The summed E-state index contributed by atoms with van der Waals surface area (Å²) < 4.78 is 0. The predicted octanol–water partition coefficient (Wildman–Crippen LogP) is 0.657. The Balaban J connectivity index is 1.43. The molecule has 1 heterocycles. The molecule has 24 heavy (non-hydrogen) atoms. The lowest BCUT2D eigenvalue weighted by atomic mass is 10.1. The summed E-state index contributed by atoms with van der Waals surface area (Å²) in [7, 11) is 1.82. The monoisotopic (exact) mass is 329 g/mol. The maximum Gasteiger partial charge on any atom is 0.231 e. The molecule has 1 saturated heterocycles. The molecule has 0 radical (unpaired) electrons. The minimum Gasteiger partial charge on any atom is -0.369 e. The van der Waals surface area contributed by atoms with Gasteiger partial charge in [0.05, 0.1) is 6.54 Å². The van der Waals surface area contributed by atoms with Gasteiger partial charge < -0.3 is 16.4 Å². The van der Waals surface area contributed by atoms with Crippen LogP contribution in [0.3, 0.4) is 0 Å². The number of aliphatic imine (C=N–C) groups is 1. The molecule has 1 aromatic rings. The number of nitrogens with two attached hydrogens (primary N) is 1. The predicted molar refractivity (Wildman–Crippen MR) is 95.9 cm³/mol. The first kappa shape index (κ1) is 16.8. The number of likely N-dealkylation sites (tertiary alicyclic amines) is 1. The second-order valence-corrected chi connectivity index (χ2v) is 6.74. The van der Waals surface area contributed by atoms with E-state index in [-0.39, 0.29) is 5.91 Å².